The van der Waals surface area contributed by atoms with E-state index in [0.29, 0.717) is 17.2 Å². The molecule has 0 aliphatic heterocycles. The molecule has 2 N–H and O–H groups in total. The second-order valence-corrected chi connectivity index (χ2v) is 16.3. The van der Waals surface area contributed by atoms with Crippen LogP contribution >= 0.6 is 0 Å². The molecular weight excluding hydrogens is 626 g/mol. The third-order valence-corrected chi connectivity index (χ3v) is 12.2. The topological polar surface area (TPSA) is 65.1 Å². The van der Waals surface area contributed by atoms with Crippen LogP contribution in [-0.4, -0.2) is 33.6 Å². The maximum absolute atomic E-state index is 14.3. The first kappa shape index (κ1) is 26.9. The summed E-state index contributed by atoms with van der Waals surface area (Å²) in [6, 6.07) is 18.3. The predicted molar refractivity (Wildman–Crippen MR) is 171 cm³/mol. The summed E-state index contributed by atoms with van der Waals surface area (Å²) >= 11 is 0.0176. The van der Waals surface area contributed by atoms with Crippen molar-refractivity contribution < 1.29 is 0 Å². The van der Waals surface area contributed by atoms with Crippen LogP contribution in [-0.2, 0) is 5.54 Å². The van der Waals surface area contributed by atoms with Crippen molar-refractivity contribution in [3.8, 4) is 11.8 Å². The summed E-state index contributed by atoms with van der Waals surface area (Å²) in [6.07, 6.45) is 3.42. The Morgan fingerprint density at radius 2 is 1.57 bits per heavy atom. The van der Waals surface area contributed by atoms with E-state index < -0.39 is 5.54 Å². The summed E-state index contributed by atoms with van der Waals surface area (Å²) in [5.41, 5.74) is 5.65. The van der Waals surface area contributed by atoms with E-state index in [-0.39, 0.29) is 45.5 Å². The molecule has 0 amide bonds. The third-order valence-electron chi connectivity index (χ3n) is 7.98. The van der Waals surface area contributed by atoms with Gasteiger partial charge in [-0.1, -0.05) is 0 Å². The standard InChI is InChI=1S/C34H30N2O2Se2/c1-6-33(2,3)17-18-34(4,5)36-31(37)24-15-14-23-22-9-7-8-10-26(22)40-30-20(11-12-21-13-16-27(35)39-21)19-25(32(36)38)28(24)29(23)30/h6-10,13-16,19H,1,17-18,35H2,2-5H3. The Balaban J connectivity index is 1.71. The van der Waals surface area contributed by atoms with Gasteiger partial charge in [-0.25, -0.2) is 0 Å². The van der Waals surface area contributed by atoms with Crippen LogP contribution < -0.4 is 16.9 Å². The van der Waals surface area contributed by atoms with Gasteiger partial charge in [0.25, 0.3) is 0 Å². The molecule has 3 aromatic carbocycles. The van der Waals surface area contributed by atoms with Crippen molar-refractivity contribution in [1.29, 1.82) is 0 Å². The van der Waals surface area contributed by atoms with Crippen LogP contribution in [0, 0.1) is 17.3 Å². The SMILES string of the molecule is C=CC(C)(C)CCC(C)(C)n1c(=O)c2ccc3c4ccccc4[se]c4c(C#Cc5ccc(N)[se]5)cc(c1=O)c2c43. The van der Waals surface area contributed by atoms with E-state index in [2.05, 4.69) is 56.5 Å². The van der Waals surface area contributed by atoms with Crippen LogP contribution in [0.2, 0.25) is 0 Å². The molecule has 0 spiro atoms. The summed E-state index contributed by atoms with van der Waals surface area (Å²) in [6.45, 7) is 12.2. The van der Waals surface area contributed by atoms with Crippen molar-refractivity contribution in [2.75, 3.05) is 5.73 Å². The molecule has 6 aromatic rings. The summed E-state index contributed by atoms with van der Waals surface area (Å²) in [4.78, 5) is 28.4. The fourth-order valence-corrected chi connectivity index (χ4v) is 9.28. The van der Waals surface area contributed by atoms with Gasteiger partial charge in [-0.3, -0.25) is 0 Å². The summed E-state index contributed by atoms with van der Waals surface area (Å²) in [5.74, 6) is 6.77. The molecule has 3 heterocycles. The molecular formula is C34H30N2O2Se2. The molecule has 0 aliphatic carbocycles. The Morgan fingerprint density at radius 1 is 0.850 bits per heavy atom. The van der Waals surface area contributed by atoms with E-state index in [1.54, 1.807) is 0 Å². The first-order valence-electron chi connectivity index (χ1n) is 13.3. The molecule has 0 fully saturated rings. The quantitative estimate of drug-likeness (QED) is 0.0805. The van der Waals surface area contributed by atoms with E-state index in [1.807, 2.05) is 50.3 Å². The van der Waals surface area contributed by atoms with Gasteiger partial charge in [0.15, 0.2) is 0 Å². The van der Waals surface area contributed by atoms with E-state index in [0.717, 1.165) is 41.4 Å². The normalized spacial score (nSPS) is 12.4. The number of allylic oxidation sites excluding steroid dienone is 1. The number of hydrogen-bond donors (Lipinski definition) is 1. The molecule has 200 valence electrons. The van der Waals surface area contributed by atoms with Crippen molar-refractivity contribution in [3.05, 3.63) is 98.0 Å². The maximum atomic E-state index is 14.3. The number of hydrogen-bond acceptors (Lipinski definition) is 3. The average molecular weight is 657 g/mol. The molecule has 40 heavy (non-hydrogen) atoms. The van der Waals surface area contributed by atoms with Gasteiger partial charge in [0.1, 0.15) is 0 Å². The van der Waals surface area contributed by atoms with Gasteiger partial charge in [-0.2, -0.15) is 0 Å². The van der Waals surface area contributed by atoms with Gasteiger partial charge in [0.2, 0.25) is 0 Å². The van der Waals surface area contributed by atoms with Crippen LogP contribution in [0.25, 0.3) is 40.8 Å². The number of benzene rings is 3. The van der Waals surface area contributed by atoms with Gasteiger partial charge in [0, 0.05) is 0 Å². The number of nitrogens with zero attached hydrogens (tertiary/aromatic N) is 1. The number of aromatic nitrogens is 1. The molecule has 0 radical (unpaired) electrons. The van der Waals surface area contributed by atoms with Gasteiger partial charge in [-0.15, -0.1) is 0 Å². The minimum atomic E-state index is -0.671. The van der Waals surface area contributed by atoms with Crippen LogP contribution in [0.5, 0.6) is 0 Å². The zero-order chi connectivity index (χ0) is 28.4. The van der Waals surface area contributed by atoms with Crippen molar-refractivity contribution in [2.24, 2.45) is 5.41 Å². The Kier molecular flexibility index (Phi) is 6.49. The zero-order valence-electron chi connectivity index (χ0n) is 23.1. The molecule has 6 rings (SSSR count). The molecule has 0 saturated heterocycles. The van der Waals surface area contributed by atoms with Crippen LogP contribution in [0.4, 0.5) is 4.56 Å². The molecule has 0 aliphatic rings. The molecule has 0 unspecified atom stereocenters. The second-order valence-electron chi connectivity index (χ2n) is 11.7. The van der Waals surface area contributed by atoms with E-state index in [1.165, 1.54) is 14.2 Å². The van der Waals surface area contributed by atoms with E-state index in [4.69, 9.17) is 5.73 Å². The molecule has 0 saturated carbocycles. The van der Waals surface area contributed by atoms with Crippen molar-refractivity contribution in [1.82, 2.24) is 4.57 Å². The summed E-state index contributed by atoms with van der Waals surface area (Å²) < 4.78 is 5.80. The van der Waals surface area contributed by atoms with Crippen LogP contribution in [0.1, 0.15) is 50.5 Å². The van der Waals surface area contributed by atoms with Gasteiger partial charge in [0.05, 0.1) is 0 Å². The Labute approximate surface area is 245 Å². The molecule has 0 atom stereocenters. The number of rotatable bonds is 5. The third kappa shape index (κ3) is 4.39. The monoisotopic (exact) mass is 658 g/mol. The second kappa shape index (κ2) is 9.65. The molecule has 0 bridgehead atoms. The molecule has 3 aromatic heterocycles. The number of pyridine rings is 1. The predicted octanol–water partition coefficient (Wildman–Crippen LogP) is 6.08. The number of nitrogens with two attached hydrogens (primary N) is 1. The fourth-order valence-electron chi connectivity index (χ4n) is 5.47. The molecule has 6 heteroatoms. The molecule has 4 nitrogen and oxygen atoms in total. The number of anilines is 1. The summed E-state index contributed by atoms with van der Waals surface area (Å²) in [7, 11) is 0. The minimum absolute atomic E-state index is 0.0178. The van der Waals surface area contributed by atoms with Crippen molar-refractivity contribution in [3.63, 3.8) is 0 Å². The van der Waals surface area contributed by atoms with Gasteiger partial charge < -0.3 is 0 Å². The van der Waals surface area contributed by atoms with E-state index >= 15 is 0 Å². The van der Waals surface area contributed by atoms with Gasteiger partial charge in [-0.05, 0) is 0 Å². The first-order chi connectivity index (χ1) is 19.0. The van der Waals surface area contributed by atoms with Gasteiger partial charge >= 0.3 is 246 Å². The van der Waals surface area contributed by atoms with Crippen molar-refractivity contribution >= 4 is 74.4 Å². The Bertz CT molecular complexity index is 2150. The van der Waals surface area contributed by atoms with Crippen LogP contribution in [0.3, 0.4) is 0 Å². The van der Waals surface area contributed by atoms with E-state index in [9.17, 15) is 9.59 Å². The average Bonchev–Trinajstić information content (AvgIpc) is 3.35. The first-order valence-corrected chi connectivity index (χ1v) is 16.7. The number of fused-ring (bicyclic) bond motifs is 2. The number of nitrogen functional groups attached to an aromatic ring is 1. The summed E-state index contributed by atoms with van der Waals surface area (Å²) in [5, 5.41) is 5.18. The fraction of sp³-hybridized carbons (Fsp3) is 0.235. The zero-order valence-corrected chi connectivity index (χ0v) is 26.5. The Morgan fingerprint density at radius 3 is 2.30 bits per heavy atom. The Hall–Kier alpha value is -3.32. The van der Waals surface area contributed by atoms with Crippen LogP contribution in [0.15, 0.2) is 76.8 Å². The van der Waals surface area contributed by atoms with Crippen molar-refractivity contribution in [2.45, 2.75) is 46.1 Å².